The van der Waals surface area contributed by atoms with Crippen LogP contribution in [0.5, 0.6) is 0 Å². The van der Waals surface area contributed by atoms with Gasteiger partial charge < -0.3 is 4.74 Å². The van der Waals surface area contributed by atoms with Crippen LogP contribution in [0.15, 0.2) is 0 Å². The van der Waals surface area contributed by atoms with Gasteiger partial charge in [0.05, 0.1) is 6.61 Å². The number of ether oxygens (including phenoxy) is 1. The second-order valence-electron chi connectivity index (χ2n) is 4.77. The Morgan fingerprint density at radius 2 is 1.76 bits per heavy atom. The van der Waals surface area contributed by atoms with Crippen LogP contribution >= 0.6 is 12.6 Å². The molecule has 17 heavy (non-hydrogen) atoms. The SMILES string of the molecule is FC(F)C(F)(F)COCC1(CS)CCCCC1. The number of halogens is 4. The minimum atomic E-state index is -4.05. The highest BCUT2D eigenvalue weighted by Gasteiger charge is 2.42. The minimum absolute atomic E-state index is 0.0960. The molecule has 1 aliphatic carbocycles. The van der Waals surface area contributed by atoms with Crippen molar-refractivity contribution in [2.24, 2.45) is 5.41 Å². The number of rotatable bonds is 6. The first-order valence-electron chi connectivity index (χ1n) is 5.76. The first kappa shape index (κ1) is 15.1. The van der Waals surface area contributed by atoms with Gasteiger partial charge in [0.2, 0.25) is 0 Å². The fraction of sp³-hybridized carbons (Fsp3) is 1.00. The summed E-state index contributed by atoms with van der Waals surface area (Å²) in [6, 6.07) is 0. The Morgan fingerprint density at radius 3 is 2.24 bits per heavy atom. The number of alkyl halides is 4. The molecule has 0 N–H and O–H groups in total. The molecular formula is C11H18F4OS. The predicted octanol–water partition coefficient (Wildman–Crippen LogP) is 3.78. The monoisotopic (exact) mass is 274 g/mol. The van der Waals surface area contributed by atoms with Crippen molar-refractivity contribution in [1.82, 2.24) is 0 Å². The molecule has 0 radical (unpaired) electrons. The molecule has 0 atom stereocenters. The van der Waals surface area contributed by atoms with Gasteiger partial charge in [0.1, 0.15) is 6.61 Å². The summed E-state index contributed by atoms with van der Waals surface area (Å²) in [6.07, 6.45) is 1.25. The zero-order chi connectivity index (χ0) is 12.9. The van der Waals surface area contributed by atoms with Crippen LogP contribution in [-0.4, -0.2) is 31.3 Å². The van der Waals surface area contributed by atoms with E-state index in [-0.39, 0.29) is 12.0 Å². The minimum Gasteiger partial charge on any atom is -0.374 e. The maximum Gasteiger partial charge on any atom is 0.330 e. The average Bonchev–Trinajstić information content (AvgIpc) is 2.30. The van der Waals surface area contributed by atoms with E-state index in [0.717, 1.165) is 32.1 Å². The first-order valence-corrected chi connectivity index (χ1v) is 6.40. The lowest BCUT2D eigenvalue weighted by Crippen LogP contribution is -2.37. The van der Waals surface area contributed by atoms with Crippen molar-refractivity contribution < 1.29 is 22.3 Å². The van der Waals surface area contributed by atoms with Gasteiger partial charge in [0.25, 0.3) is 0 Å². The molecule has 0 aliphatic heterocycles. The second kappa shape index (κ2) is 6.27. The van der Waals surface area contributed by atoms with Crippen molar-refractivity contribution in [3.63, 3.8) is 0 Å². The summed E-state index contributed by atoms with van der Waals surface area (Å²) in [5.41, 5.74) is -0.209. The number of thiol groups is 1. The Bertz CT molecular complexity index is 230. The third-order valence-electron chi connectivity index (χ3n) is 3.27. The van der Waals surface area contributed by atoms with Gasteiger partial charge in [-0.15, -0.1) is 0 Å². The van der Waals surface area contributed by atoms with Gasteiger partial charge in [-0.3, -0.25) is 0 Å². The zero-order valence-corrected chi connectivity index (χ0v) is 10.5. The molecule has 1 fully saturated rings. The van der Waals surface area contributed by atoms with Gasteiger partial charge in [0, 0.05) is 5.41 Å². The van der Waals surface area contributed by atoms with Crippen molar-refractivity contribution in [2.75, 3.05) is 19.0 Å². The van der Waals surface area contributed by atoms with Crippen molar-refractivity contribution in [1.29, 1.82) is 0 Å². The molecule has 1 rings (SSSR count). The maximum absolute atomic E-state index is 12.6. The smallest absolute Gasteiger partial charge is 0.330 e. The molecule has 1 aliphatic rings. The van der Waals surface area contributed by atoms with Gasteiger partial charge in [0.15, 0.2) is 0 Å². The van der Waals surface area contributed by atoms with Gasteiger partial charge in [-0.05, 0) is 18.6 Å². The van der Waals surface area contributed by atoms with E-state index in [9.17, 15) is 17.6 Å². The summed E-state index contributed by atoms with van der Waals surface area (Å²) in [5.74, 6) is -3.50. The number of hydrogen-bond donors (Lipinski definition) is 1. The maximum atomic E-state index is 12.6. The van der Waals surface area contributed by atoms with E-state index in [2.05, 4.69) is 12.6 Å². The van der Waals surface area contributed by atoms with Crippen LogP contribution in [-0.2, 0) is 4.74 Å². The quantitative estimate of drug-likeness (QED) is 0.573. The first-order chi connectivity index (χ1) is 7.92. The molecule has 0 saturated heterocycles. The van der Waals surface area contributed by atoms with E-state index >= 15 is 0 Å². The Balaban J connectivity index is 2.38. The lowest BCUT2D eigenvalue weighted by atomic mass is 9.76. The van der Waals surface area contributed by atoms with Gasteiger partial charge in [-0.25, -0.2) is 8.78 Å². The molecule has 0 aromatic carbocycles. The Labute approximate surface area is 104 Å². The third kappa shape index (κ3) is 4.32. The van der Waals surface area contributed by atoms with E-state index in [4.69, 9.17) is 4.74 Å². The zero-order valence-electron chi connectivity index (χ0n) is 9.60. The van der Waals surface area contributed by atoms with E-state index in [1.807, 2.05) is 0 Å². The van der Waals surface area contributed by atoms with Crippen LogP contribution in [0.3, 0.4) is 0 Å². The Kier molecular flexibility index (Phi) is 5.57. The van der Waals surface area contributed by atoms with Crippen molar-refractivity contribution in [3.8, 4) is 0 Å². The molecule has 0 aromatic rings. The molecule has 0 heterocycles. The summed E-state index contributed by atoms with van der Waals surface area (Å²) < 4.78 is 53.9. The molecule has 0 amide bonds. The Hall–Kier alpha value is 0.0300. The van der Waals surface area contributed by atoms with E-state index in [0.29, 0.717) is 5.75 Å². The summed E-state index contributed by atoms with van der Waals surface area (Å²) >= 11 is 4.22. The van der Waals surface area contributed by atoms with Gasteiger partial charge >= 0.3 is 12.3 Å². The highest BCUT2D eigenvalue weighted by atomic mass is 32.1. The molecule has 0 spiro atoms. The predicted molar refractivity (Wildman–Crippen MR) is 61.1 cm³/mol. The highest BCUT2D eigenvalue weighted by molar-refractivity contribution is 7.80. The second-order valence-corrected chi connectivity index (χ2v) is 5.09. The van der Waals surface area contributed by atoms with Crippen molar-refractivity contribution in [2.45, 2.75) is 44.5 Å². The fourth-order valence-corrected chi connectivity index (χ4v) is 2.52. The van der Waals surface area contributed by atoms with E-state index in [1.54, 1.807) is 0 Å². The lowest BCUT2D eigenvalue weighted by molar-refractivity contribution is -0.172. The molecule has 102 valence electrons. The summed E-state index contributed by atoms with van der Waals surface area (Å²) in [7, 11) is 0. The number of hydrogen-bond acceptors (Lipinski definition) is 2. The van der Waals surface area contributed by atoms with Gasteiger partial charge in [-0.1, -0.05) is 19.3 Å². The van der Waals surface area contributed by atoms with Crippen molar-refractivity contribution in [3.05, 3.63) is 0 Å². The normalized spacial score (nSPS) is 20.8. The van der Waals surface area contributed by atoms with E-state index in [1.165, 1.54) is 0 Å². The molecule has 1 saturated carbocycles. The van der Waals surface area contributed by atoms with E-state index < -0.39 is 19.0 Å². The molecule has 0 aromatic heterocycles. The average molecular weight is 274 g/mol. The van der Waals surface area contributed by atoms with Crippen LogP contribution in [0, 0.1) is 5.41 Å². The van der Waals surface area contributed by atoms with Crippen LogP contribution in [0.25, 0.3) is 0 Å². The molecular weight excluding hydrogens is 256 g/mol. The van der Waals surface area contributed by atoms with Crippen LogP contribution in [0.4, 0.5) is 17.6 Å². The van der Waals surface area contributed by atoms with Crippen LogP contribution in [0.2, 0.25) is 0 Å². The molecule has 0 unspecified atom stereocenters. The largest absolute Gasteiger partial charge is 0.374 e. The van der Waals surface area contributed by atoms with Crippen molar-refractivity contribution >= 4 is 12.6 Å². The Morgan fingerprint density at radius 1 is 1.18 bits per heavy atom. The lowest BCUT2D eigenvalue weighted by Gasteiger charge is -2.36. The summed E-state index contributed by atoms with van der Waals surface area (Å²) in [5, 5.41) is 0. The summed E-state index contributed by atoms with van der Waals surface area (Å²) in [4.78, 5) is 0. The molecule has 0 bridgehead atoms. The topological polar surface area (TPSA) is 9.23 Å². The third-order valence-corrected chi connectivity index (χ3v) is 3.94. The molecule has 6 heteroatoms. The van der Waals surface area contributed by atoms with Gasteiger partial charge in [-0.2, -0.15) is 21.4 Å². The standard InChI is InChI=1S/C11H18F4OS/c12-9(13)11(14,15)7-16-6-10(8-17)4-2-1-3-5-10/h9,17H,1-8H2. The fourth-order valence-electron chi connectivity index (χ4n) is 2.12. The summed E-state index contributed by atoms with van der Waals surface area (Å²) in [6.45, 7) is -1.11. The van der Waals surface area contributed by atoms with Crippen LogP contribution in [0.1, 0.15) is 32.1 Å². The highest BCUT2D eigenvalue weighted by Crippen LogP contribution is 2.38. The molecule has 1 nitrogen and oxygen atoms in total. The van der Waals surface area contributed by atoms with Crippen LogP contribution < -0.4 is 0 Å².